The number of ether oxygens (including phenoxy) is 1. The van der Waals surface area contributed by atoms with Crippen molar-refractivity contribution in [3.05, 3.63) is 59.4 Å². The van der Waals surface area contributed by atoms with Gasteiger partial charge >= 0.3 is 0 Å². The van der Waals surface area contributed by atoms with Gasteiger partial charge in [0.2, 0.25) is 0 Å². The van der Waals surface area contributed by atoms with Crippen molar-refractivity contribution in [3.8, 4) is 11.5 Å². The molecule has 88 valence electrons. The Morgan fingerprint density at radius 2 is 2.00 bits per heavy atom. The first-order chi connectivity index (χ1) is 8.19. The van der Waals surface area contributed by atoms with Crippen LogP contribution in [0.2, 0.25) is 0 Å². The molecular formula is C14H12ClFO. The molecule has 0 bridgehead atoms. The third-order valence-corrected chi connectivity index (χ3v) is 2.68. The van der Waals surface area contributed by atoms with E-state index in [1.165, 1.54) is 6.07 Å². The Labute approximate surface area is 105 Å². The zero-order valence-corrected chi connectivity index (χ0v) is 10.2. The molecule has 0 saturated heterocycles. The van der Waals surface area contributed by atoms with E-state index in [-0.39, 0.29) is 11.6 Å². The molecule has 1 nitrogen and oxygen atoms in total. The second-order valence-corrected chi connectivity index (χ2v) is 4.08. The van der Waals surface area contributed by atoms with Crippen LogP contribution in [0.5, 0.6) is 11.5 Å². The maximum Gasteiger partial charge on any atom is 0.165 e. The fourth-order valence-corrected chi connectivity index (χ4v) is 1.68. The van der Waals surface area contributed by atoms with E-state index in [9.17, 15) is 4.39 Å². The first kappa shape index (κ1) is 11.9. The van der Waals surface area contributed by atoms with Gasteiger partial charge in [-0.2, -0.15) is 0 Å². The standard InChI is InChI=1S/C14H12ClFO/c1-10-3-2-4-12(7-10)17-14-8-11(9-15)5-6-13(14)16/h2-8H,9H2,1H3. The van der Waals surface area contributed by atoms with E-state index >= 15 is 0 Å². The summed E-state index contributed by atoms with van der Waals surface area (Å²) in [6.45, 7) is 1.96. The largest absolute Gasteiger partial charge is 0.454 e. The number of rotatable bonds is 3. The summed E-state index contributed by atoms with van der Waals surface area (Å²) in [5.74, 6) is 0.773. The van der Waals surface area contributed by atoms with Crippen molar-refractivity contribution in [3.63, 3.8) is 0 Å². The number of alkyl halides is 1. The molecule has 0 spiro atoms. The predicted octanol–water partition coefficient (Wildman–Crippen LogP) is 4.67. The highest BCUT2D eigenvalue weighted by Gasteiger charge is 2.06. The molecule has 0 aliphatic heterocycles. The van der Waals surface area contributed by atoms with Crippen molar-refractivity contribution in [2.75, 3.05) is 0 Å². The molecule has 3 heteroatoms. The Kier molecular flexibility index (Phi) is 3.64. The van der Waals surface area contributed by atoms with Crippen molar-refractivity contribution < 1.29 is 9.13 Å². The van der Waals surface area contributed by atoms with Crippen LogP contribution in [-0.2, 0) is 5.88 Å². The van der Waals surface area contributed by atoms with Gasteiger partial charge in [0.1, 0.15) is 5.75 Å². The molecule has 0 amide bonds. The van der Waals surface area contributed by atoms with Crippen LogP contribution < -0.4 is 4.74 Å². The van der Waals surface area contributed by atoms with Crippen LogP contribution in [-0.4, -0.2) is 0 Å². The van der Waals surface area contributed by atoms with E-state index in [1.807, 2.05) is 25.1 Å². The molecule has 2 aromatic rings. The molecule has 0 aliphatic rings. The summed E-state index contributed by atoms with van der Waals surface area (Å²) >= 11 is 5.70. The van der Waals surface area contributed by atoms with E-state index in [0.717, 1.165) is 11.1 Å². The lowest BCUT2D eigenvalue weighted by Crippen LogP contribution is -1.90. The first-order valence-electron chi connectivity index (χ1n) is 5.28. The zero-order valence-electron chi connectivity index (χ0n) is 9.41. The topological polar surface area (TPSA) is 9.23 Å². The number of hydrogen-bond donors (Lipinski definition) is 0. The molecule has 2 aromatic carbocycles. The Balaban J connectivity index is 2.29. The van der Waals surface area contributed by atoms with Gasteiger partial charge in [-0.05, 0) is 42.3 Å². The van der Waals surface area contributed by atoms with Crippen molar-refractivity contribution in [2.45, 2.75) is 12.8 Å². The molecular weight excluding hydrogens is 239 g/mol. The van der Waals surface area contributed by atoms with E-state index in [2.05, 4.69) is 0 Å². The second kappa shape index (κ2) is 5.19. The number of benzene rings is 2. The Hall–Kier alpha value is -1.54. The lowest BCUT2D eigenvalue weighted by atomic mass is 10.2. The molecule has 2 rings (SSSR count). The fraction of sp³-hybridized carbons (Fsp3) is 0.143. The van der Waals surface area contributed by atoms with E-state index in [0.29, 0.717) is 11.6 Å². The van der Waals surface area contributed by atoms with Gasteiger partial charge in [0, 0.05) is 5.88 Å². The lowest BCUT2D eigenvalue weighted by molar-refractivity contribution is 0.441. The average molecular weight is 251 g/mol. The number of hydrogen-bond acceptors (Lipinski definition) is 1. The summed E-state index contributed by atoms with van der Waals surface area (Å²) in [7, 11) is 0. The third-order valence-electron chi connectivity index (χ3n) is 2.37. The van der Waals surface area contributed by atoms with Crippen LogP contribution in [0.1, 0.15) is 11.1 Å². The minimum atomic E-state index is -0.389. The smallest absolute Gasteiger partial charge is 0.165 e. The van der Waals surface area contributed by atoms with Gasteiger partial charge in [-0.1, -0.05) is 18.2 Å². The van der Waals surface area contributed by atoms with Crippen LogP contribution in [0.4, 0.5) is 4.39 Å². The molecule has 0 fully saturated rings. The predicted molar refractivity (Wildman–Crippen MR) is 67.2 cm³/mol. The van der Waals surface area contributed by atoms with Crippen LogP contribution in [0.15, 0.2) is 42.5 Å². The van der Waals surface area contributed by atoms with E-state index < -0.39 is 0 Å². The second-order valence-electron chi connectivity index (χ2n) is 3.82. The highest BCUT2D eigenvalue weighted by molar-refractivity contribution is 6.17. The average Bonchev–Trinajstić information content (AvgIpc) is 2.32. The highest BCUT2D eigenvalue weighted by Crippen LogP contribution is 2.26. The Morgan fingerprint density at radius 3 is 2.71 bits per heavy atom. The summed E-state index contributed by atoms with van der Waals surface area (Å²) < 4.78 is 19.0. The van der Waals surface area contributed by atoms with Gasteiger partial charge in [0.25, 0.3) is 0 Å². The summed E-state index contributed by atoms with van der Waals surface area (Å²) in [6, 6.07) is 12.1. The van der Waals surface area contributed by atoms with Gasteiger partial charge in [-0.25, -0.2) is 4.39 Å². The summed E-state index contributed by atoms with van der Waals surface area (Å²) in [6.07, 6.45) is 0. The third kappa shape index (κ3) is 2.98. The van der Waals surface area contributed by atoms with Gasteiger partial charge in [0.15, 0.2) is 11.6 Å². The van der Waals surface area contributed by atoms with Crippen molar-refractivity contribution in [1.82, 2.24) is 0 Å². The van der Waals surface area contributed by atoms with Crippen molar-refractivity contribution in [1.29, 1.82) is 0 Å². The van der Waals surface area contributed by atoms with E-state index in [1.54, 1.807) is 18.2 Å². The lowest BCUT2D eigenvalue weighted by Gasteiger charge is -2.08. The molecule has 17 heavy (non-hydrogen) atoms. The highest BCUT2D eigenvalue weighted by atomic mass is 35.5. The molecule has 0 aromatic heterocycles. The molecule has 0 saturated carbocycles. The zero-order chi connectivity index (χ0) is 12.3. The molecule has 0 N–H and O–H groups in total. The van der Waals surface area contributed by atoms with Gasteiger partial charge in [0.05, 0.1) is 0 Å². The van der Waals surface area contributed by atoms with Crippen molar-refractivity contribution >= 4 is 11.6 Å². The summed E-state index contributed by atoms with van der Waals surface area (Å²) in [5.41, 5.74) is 1.90. The summed E-state index contributed by atoms with van der Waals surface area (Å²) in [4.78, 5) is 0. The molecule has 0 heterocycles. The Bertz CT molecular complexity index is 525. The van der Waals surface area contributed by atoms with Crippen LogP contribution >= 0.6 is 11.6 Å². The number of aryl methyl sites for hydroxylation is 1. The fourth-order valence-electron chi connectivity index (χ4n) is 1.51. The van der Waals surface area contributed by atoms with Crippen LogP contribution in [0.25, 0.3) is 0 Å². The molecule has 0 unspecified atom stereocenters. The molecule has 0 radical (unpaired) electrons. The van der Waals surface area contributed by atoms with Gasteiger partial charge in [-0.15, -0.1) is 11.6 Å². The summed E-state index contributed by atoms with van der Waals surface area (Å²) in [5, 5.41) is 0. The van der Waals surface area contributed by atoms with Crippen LogP contribution in [0.3, 0.4) is 0 Å². The van der Waals surface area contributed by atoms with Gasteiger partial charge in [-0.3, -0.25) is 0 Å². The van der Waals surface area contributed by atoms with E-state index in [4.69, 9.17) is 16.3 Å². The minimum Gasteiger partial charge on any atom is -0.454 e. The quantitative estimate of drug-likeness (QED) is 0.720. The van der Waals surface area contributed by atoms with Crippen molar-refractivity contribution in [2.24, 2.45) is 0 Å². The maximum absolute atomic E-state index is 13.5. The van der Waals surface area contributed by atoms with Gasteiger partial charge < -0.3 is 4.74 Å². The molecule has 0 aliphatic carbocycles. The Morgan fingerprint density at radius 1 is 1.18 bits per heavy atom. The maximum atomic E-state index is 13.5. The monoisotopic (exact) mass is 250 g/mol. The minimum absolute atomic E-state index is 0.203. The first-order valence-corrected chi connectivity index (χ1v) is 5.81. The molecule has 0 atom stereocenters. The SMILES string of the molecule is Cc1cccc(Oc2cc(CCl)ccc2F)c1. The van der Waals surface area contributed by atoms with Crippen LogP contribution in [0, 0.1) is 12.7 Å². The normalized spacial score (nSPS) is 10.3. The number of halogens is 2.